The van der Waals surface area contributed by atoms with Crippen LogP contribution in [0.3, 0.4) is 0 Å². The molecule has 0 saturated carbocycles. The lowest BCUT2D eigenvalue weighted by molar-refractivity contribution is 0.0677. The molecule has 24 heavy (non-hydrogen) atoms. The molecule has 1 fully saturated rings. The first kappa shape index (κ1) is 15.4. The number of aromatic amines is 1. The molecule has 6 heteroatoms. The van der Waals surface area contributed by atoms with Gasteiger partial charge in [0.15, 0.2) is 10.4 Å². The van der Waals surface area contributed by atoms with E-state index in [-0.39, 0.29) is 5.91 Å². The van der Waals surface area contributed by atoms with Crippen molar-refractivity contribution >= 4 is 32.9 Å². The topological polar surface area (TPSA) is 62.1 Å². The molecule has 1 aliphatic heterocycles. The maximum absolute atomic E-state index is 12.4. The number of rotatable bonds is 2. The number of aromatic nitrogens is 2. The fourth-order valence-electron chi connectivity index (χ4n) is 3.28. The van der Waals surface area contributed by atoms with Gasteiger partial charge in [0.25, 0.3) is 5.91 Å². The van der Waals surface area contributed by atoms with Gasteiger partial charge in [-0.3, -0.25) is 4.79 Å². The number of imidazole rings is 1. The monoisotopic (exact) mass is 387 g/mol. The zero-order chi connectivity index (χ0) is 16.7. The Hall–Kier alpha value is -2.08. The quantitative estimate of drug-likeness (QED) is 0.714. The third kappa shape index (κ3) is 2.86. The van der Waals surface area contributed by atoms with E-state index < -0.39 is 0 Å². The van der Waals surface area contributed by atoms with Gasteiger partial charge < -0.3 is 14.3 Å². The summed E-state index contributed by atoms with van der Waals surface area (Å²) in [5.41, 5.74) is 3.32. The number of furan rings is 1. The number of likely N-dealkylation sites (tertiary alicyclic amines) is 1. The Kier molecular flexibility index (Phi) is 3.92. The Morgan fingerprint density at radius 3 is 2.79 bits per heavy atom. The van der Waals surface area contributed by atoms with Crippen molar-refractivity contribution in [2.75, 3.05) is 13.1 Å². The number of aryl methyl sites for hydroxylation is 1. The van der Waals surface area contributed by atoms with Crippen molar-refractivity contribution in [2.24, 2.45) is 0 Å². The van der Waals surface area contributed by atoms with E-state index in [1.165, 1.54) is 5.56 Å². The van der Waals surface area contributed by atoms with Crippen molar-refractivity contribution in [3.63, 3.8) is 0 Å². The van der Waals surface area contributed by atoms with E-state index in [0.717, 1.165) is 42.8 Å². The van der Waals surface area contributed by atoms with Crippen LogP contribution in [0.5, 0.6) is 0 Å². The fourth-order valence-corrected chi connectivity index (χ4v) is 3.58. The van der Waals surface area contributed by atoms with E-state index in [1.54, 1.807) is 12.1 Å². The minimum absolute atomic E-state index is 0.0422. The van der Waals surface area contributed by atoms with E-state index in [1.807, 2.05) is 4.90 Å². The number of hydrogen-bond acceptors (Lipinski definition) is 3. The van der Waals surface area contributed by atoms with Crippen LogP contribution in [0.4, 0.5) is 0 Å². The molecule has 5 nitrogen and oxygen atoms in total. The molecule has 4 rings (SSSR count). The van der Waals surface area contributed by atoms with Crippen molar-refractivity contribution in [1.82, 2.24) is 14.9 Å². The molecule has 3 aromatic rings. The molecule has 0 aliphatic carbocycles. The van der Waals surface area contributed by atoms with Gasteiger partial charge in [-0.15, -0.1) is 0 Å². The number of carbonyl (C=O) groups is 1. The highest BCUT2D eigenvalue weighted by Crippen LogP contribution is 2.29. The first-order valence-electron chi connectivity index (χ1n) is 8.11. The summed E-state index contributed by atoms with van der Waals surface area (Å²) >= 11 is 3.24. The molecule has 2 aromatic heterocycles. The Balaban J connectivity index is 1.46. The highest BCUT2D eigenvalue weighted by atomic mass is 79.9. The second-order valence-corrected chi connectivity index (χ2v) is 7.09. The van der Waals surface area contributed by atoms with E-state index >= 15 is 0 Å². The lowest BCUT2D eigenvalue weighted by Crippen LogP contribution is -2.37. The molecule has 3 heterocycles. The second-order valence-electron chi connectivity index (χ2n) is 6.31. The van der Waals surface area contributed by atoms with Crippen LogP contribution in [0.2, 0.25) is 0 Å². The largest absolute Gasteiger partial charge is 0.444 e. The summed E-state index contributed by atoms with van der Waals surface area (Å²) in [7, 11) is 0. The molecule has 0 spiro atoms. The van der Waals surface area contributed by atoms with E-state index in [9.17, 15) is 4.79 Å². The predicted molar refractivity (Wildman–Crippen MR) is 95.1 cm³/mol. The lowest BCUT2D eigenvalue weighted by atomic mass is 9.96. The van der Waals surface area contributed by atoms with Crippen LogP contribution < -0.4 is 0 Å². The molecule has 0 bridgehead atoms. The Labute approximate surface area is 148 Å². The Bertz CT molecular complexity index is 891. The van der Waals surface area contributed by atoms with E-state index in [2.05, 4.69) is 46.0 Å². The van der Waals surface area contributed by atoms with Crippen LogP contribution in [0, 0.1) is 6.92 Å². The average Bonchev–Trinajstić information content (AvgIpc) is 3.20. The molecule has 1 saturated heterocycles. The highest BCUT2D eigenvalue weighted by Gasteiger charge is 2.27. The maximum atomic E-state index is 12.4. The Morgan fingerprint density at radius 2 is 2.08 bits per heavy atom. The van der Waals surface area contributed by atoms with Crippen LogP contribution in [-0.4, -0.2) is 33.9 Å². The number of halogens is 1. The van der Waals surface area contributed by atoms with E-state index in [0.29, 0.717) is 16.3 Å². The van der Waals surface area contributed by atoms with E-state index in [4.69, 9.17) is 9.40 Å². The molecule has 124 valence electrons. The lowest BCUT2D eigenvalue weighted by Gasteiger charge is -2.30. The maximum Gasteiger partial charge on any atom is 0.289 e. The van der Waals surface area contributed by atoms with Crippen LogP contribution in [0.1, 0.15) is 40.7 Å². The van der Waals surface area contributed by atoms with Gasteiger partial charge in [-0.2, -0.15) is 0 Å². The van der Waals surface area contributed by atoms with Crippen molar-refractivity contribution in [3.8, 4) is 0 Å². The van der Waals surface area contributed by atoms with Crippen LogP contribution in [0.15, 0.2) is 39.4 Å². The van der Waals surface area contributed by atoms with Crippen molar-refractivity contribution in [2.45, 2.75) is 25.7 Å². The minimum Gasteiger partial charge on any atom is -0.444 e. The molecule has 1 N–H and O–H groups in total. The predicted octanol–water partition coefficient (Wildman–Crippen LogP) is 4.25. The summed E-state index contributed by atoms with van der Waals surface area (Å²) < 4.78 is 5.95. The van der Waals surface area contributed by atoms with Gasteiger partial charge in [-0.25, -0.2) is 4.98 Å². The van der Waals surface area contributed by atoms with Gasteiger partial charge in [0.2, 0.25) is 0 Å². The minimum atomic E-state index is -0.0422. The number of carbonyl (C=O) groups excluding carboxylic acids is 1. The number of piperidine rings is 1. The SMILES string of the molecule is Cc1ccc2nc(C3CCN(C(=O)c4ccc(Br)o4)CC3)[nH]c2c1. The number of hydrogen-bond donors (Lipinski definition) is 1. The van der Waals surface area contributed by atoms with Gasteiger partial charge >= 0.3 is 0 Å². The Morgan fingerprint density at radius 1 is 1.29 bits per heavy atom. The zero-order valence-electron chi connectivity index (χ0n) is 13.4. The zero-order valence-corrected chi connectivity index (χ0v) is 15.0. The van der Waals surface area contributed by atoms with Crippen molar-refractivity contribution < 1.29 is 9.21 Å². The van der Waals surface area contributed by atoms with Crippen LogP contribution >= 0.6 is 15.9 Å². The van der Waals surface area contributed by atoms with Gasteiger partial charge in [-0.1, -0.05) is 6.07 Å². The number of nitrogens with one attached hydrogen (secondary N) is 1. The summed E-state index contributed by atoms with van der Waals surface area (Å²) in [5.74, 6) is 1.74. The van der Waals surface area contributed by atoms with Crippen LogP contribution in [0.25, 0.3) is 11.0 Å². The number of H-pyrrole nitrogens is 1. The van der Waals surface area contributed by atoms with Gasteiger partial charge in [0.05, 0.1) is 11.0 Å². The number of amides is 1. The normalized spacial score (nSPS) is 16.0. The molecule has 0 atom stereocenters. The van der Waals surface area contributed by atoms with Crippen LogP contribution in [-0.2, 0) is 0 Å². The molecule has 1 amide bonds. The number of nitrogens with zero attached hydrogens (tertiary/aromatic N) is 2. The van der Waals surface area contributed by atoms with Gasteiger partial charge in [0, 0.05) is 19.0 Å². The third-order valence-corrected chi connectivity index (χ3v) is 5.03. The second kappa shape index (κ2) is 6.09. The highest BCUT2D eigenvalue weighted by molar-refractivity contribution is 9.10. The summed E-state index contributed by atoms with van der Waals surface area (Å²) in [6, 6.07) is 9.71. The van der Waals surface area contributed by atoms with Crippen molar-refractivity contribution in [1.29, 1.82) is 0 Å². The molecule has 1 aromatic carbocycles. The van der Waals surface area contributed by atoms with Gasteiger partial charge in [0.1, 0.15) is 5.82 Å². The first-order chi connectivity index (χ1) is 11.6. The molecular weight excluding hydrogens is 370 g/mol. The molecule has 0 radical (unpaired) electrons. The molecular formula is C18H18BrN3O2. The summed E-state index contributed by atoms with van der Waals surface area (Å²) in [6.45, 7) is 3.52. The summed E-state index contributed by atoms with van der Waals surface area (Å²) in [6.07, 6.45) is 1.82. The van der Waals surface area contributed by atoms with Gasteiger partial charge in [-0.05, 0) is 65.5 Å². The molecule has 0 unspecified atom stereocenters. The fraction of sp³-hybridized carbons (Fsp3) is 0.333. The first-order valence-corrected chi connectivity index (χ1v) is 8.90. The summed E-state index contributed by atoms with van der Waals surface area (Å²) in [5, 5.41) is 0. The summed E-state index contributed by atoms with van der Waals surface area (Å²) in [4.78, 5) is 22.4. The molecule has 1 aliphatic rings. The number of benzene rings is 1. The van der Waals surface area contributed by atoms with Crippen molar-refractivity contribution in [3.05, 3.63) is 52.1 Å². The standard InChI is InChI=1S/C18H18BrN3O2/c1-11-2-3-13-14(10-11)21-17(20-13)12-6-8-22(9-7-12)18(23)15-4-5-16(19)24-15/h2-5,10,12H,6-9H2,1H3,(H,20,21). The third-order valence-electron chi connectivity index (χ3n) is 4.61. The number of fused-ring (bicyclic) bond motifs is 1. The smallest absolute Gasteiger partial charge is 0.289 e. The average molecular weight is 388 g/mol.